The number of anilines is 1. The van der Waals surface area contributed by atoms with E-state index < -0.39 is 0 Å². The van der Waals surface area contributed by atoms with Gasteiger partial charge in [-0.1, -0.05) is 0 Å². The second-order valence-corrected chi connectivity index (χ2v) is 6.06. The molecular weight excluding hydrogens is 238 g/mol. The van der Waals surface area contributed by atoms with Crippen LogP contribution in [0.2, 0.25) is 0 Å². The SMILES string of the molecule is Cc1cnc(N2CCC(C3CC3CCO)CC2)nc1. The van der Waals surface area contributed by atoms with Crippen LogP contribution in [-0.4, -0.2) is 34.8 Å². The molecule has 1 saturated carbocycles. The van der Waals surface area contributed by atoms with Crippen molar-refractivity contribution in [3.63, 3.8) is 0 Å². The first-order valence-electron chi connectivity index (χ1n) is 7.42. The molecule has 0 spiro atoms. The summed E-state index contributed by atoms with van der Waals surface area (Å²) in [6, 6.07) is 0. The van der Waals surface area contributed by atoms with Crippen LogP contribution in [0.1, 0.15) is 31.2 Å². The van der Waals surface area contributed by atoms with E-state index in [1.165, 1.54) is 19.3 Å². The Morgan fingerprint density at radius 1 is 1.26 bits per heavy atom. The molecule has 1 aliphatic carbocycles. The van der Waals surface area contributed by atoms with E-state index in [1.807, 2.05) is 19.3 Å². The van der Waals surface area contributed by atoms with Crippen LogP contribution < -0.4 is 4.90 Å². The Morgan fingerprint density at radius 2 is 1.95 bits per heavy atom. The van der Waals surface area contributed by atoms with Gasteiger partial charge in [0.1, 0.15) is 0 Å². The van der Waals surface area contributed by atoms with Crippen LogP contribution >= 0.6 is 0 Å². The van der Waals surface area contributed by atoms with Gasteiger partial charge in [-0.25, -0.2) is 9.97 Å². The van der Waals surface area contributed by atoms with Gasteiger partial charge in [-0.2, -0.15) is 0 Å². The van der Waals surface area contributed by atoms with E-state index in [1.54, 1.807) is 0 Å². The van der Waals surface area contributed by atoms with E-state index in [9.17, 15) is 0 Å². The smallest absolute Gasteiger partial charge is 0.225 e. The highest BCUT2D eigenvalue weighted by Crippen LogP contribution is 2.49. The van der Waals surface area contributed by atoms with Crippen LogP contribution in [0.3, 0.4) is 0 Å². The summed E-state index contributed by atoms with van der Waals surface area (Å²) in [6.07, 6.45) is 8.64. The molecule has 1 aliphatic heterocycles. The maximum absolute atomic E-state index is 8.98. The Kier molecular flexibility index (Phi) is 3.69. The molecule has 4 heteroatoms. The minimum atomic E-state index is 0.358. The van der Waals surface area contributed by atoms with E-state index in [-0.39, 0.29) is 0 Å². The molecule has 1 aromatic rings. The van der Waals surface area contributed by atoms with Crippen molar-refractivity contribution in [1.29, 1.82) is 0 Å². The highest BCUT2D eigenvalue weighted by Gasteiger charge is 2.42. The lowest BCUT2D eigenvalue weighted by Crippen LogP contribution is -2.35. The number of aliphatic hydroxyl groups is 1. The summed E-state index contributed by atoms with van der Waals surface area (Å²) < 4.78 is 0. The molecule has 1 aromatic heterocycles. The van der Waals surface area contributed by atoms with Crippen LogP contribution in [0.25, 0.3) is 0 Å². The molecule has 0 radical (unpaired) electrons. The molecule has 0 amide bonds. The second-order valence-electron chi connectivity index (χ2n) is 6.06. The lowest BCUT2D eigenvalue weighted by Gasteiger charge is -2.32. The zero-order valence-corrected chi connectivity index (χ0v) is 11.6. The predicted octanol–water partition coefficient (Wildman–Crippen LogP) is 2.02. The molecule has 2 fully saturated rings. The lowest BCUT2D eigenvalue weighted by atomic mass is 9.90. The quantitative estimate of drug-likeness (QED) is 0.901. The van der Waals surface area contributed by atoms with Crippen LogP contribution in [0.5, 0.6) is 0 Å². The fourth-order valence-corrected chi connectivity index (χ4v) is 3.42. The maximum atomic E-state index is 8.98. The fourth-order valence-electron chi connectivity index (χ4n) is 3.42. The number of aryl methyl sites for hydroxylation is 1. The number of aliphatic hydroxyl groups excluding tert-OH is 1. The monoisotopic (exact) mass is 261 g/mol. The first-order chi connectivity index (χ1) is 9.28. The molecule has 2 unspecified atom stereocenters. The van der Waals surface area contributed by atoms with Gasteiger partial charge in [0.25, 0.3) is 0 Å². The molecule has 104 valence electrons. The van der Waals surface area contributed by atoms with Gasteiger partial charge >= 0.3 is 0 Å². The van der Waals surface area contributed by atoms with Gasteiger partial charge in [-0.05, 0) is 55.9 Å². The summed E-state index contributed by atoms with van der Waals surface area (Å²) in [5, 5.41) is 8.98. The fraction of sp³-hybridized carbons (Fsp3) is 0.733. The Morgan fingerprint density at radius 3 is 2.58 bits per heavy atom. The third kappa shape index (κ3) is 2.89. The zero-order chi connectivity index (χ0) is 13.2. The summed E-state index contributed by atoms with van der Waals surface area (Å²) in [5.74, 6) is 3.43. The van der Waals surface area contributed by atoms with Crippen molar-refractivity contribution >= 4 is 5.95 Å². The largest absolute Gasteiger partial charge is 0.396 e. The van der Waals surface area contributed by atoms with E-state index in [4.69, 9.17) is 5.11 Å². The Labute approximate surface area is 114 Å². The van der Waals surface area contributed by atoms with Crippen molar-refractivity contribution in [1.82, 2.24) is 9.97 Å². The van der Waals surface area contributed by atoms with Crippen molar-refractivity contribution in [2.24, 2.45) is 17.8 Å². The van der Waals surface area contributed by atoms with Crippen molar-refractivity contribution in [2.75, 3.05) is 24.6 Å². The Balaban J connectivity index is 1.51. The highest BCUT2D eigenvalue weighted by atomic mass is 16.3. The number of hydrogen-bond acceptors (Lipinski definition) is 4. The van der Waals surface area contributed by atoms with Crippen LogP contribution in [0.15, 0.2) is 12.4 Å². The van der Waals surface area contributed by atoms with Crippen molar-refractivity contribution < 1.29 is 5.11 Å². The number of rotatable bonds is 4. The number of piperidine rings is 1. The standard InChI is InChI=1S/C15H23N3O/c1-11-9-16-15(17-10-11)18-5-2-12(3-6-18)14-8-13(14)4-7-19/h9-10,12-14,19H,2-8H2,1H3. The van der Waals surface area contributed by atoms with Gasteiger partial charge in [0.05, 0.1) is 0 Å². The van der Waals surface area contributed by atoms with E-state index in [0.29, 0.717) is 6.61 Å². The highest BCUT2D eigenvalue weighted by molar-refractivity contribution is 5.30. The molecule has 19 heavy (non-hydrogen) atoms. The van der Waals surface area contributed by atoms with E-state index in [0.717, 1.165) is 48.8 Å². The summed E-state index contributed by atoms with van der Waals surface area (Å²) in [4.78, 5) is 11.1. The summed E-state index contributed by atoms with van der Waals surface area (Å²) >= 11 is 0. The van der Waals surface area contributed by atoms with Crippen LogP contribution in [-0.2, 0) is 0 Å². The Bertz CT molecular complexity index is 412. The minimum absolute atomic E-state index is 0.358. The van der Waals surface area contributed by atoms with Crippen molar-refractivity contribution in [2.45, 2.75) is 32.6 Å². The predicted molar refractivity (Wildman–Crippen MR) is 75.0 cm³/mol. The first-order valence-corrected chi connectivity index (χ1v) is 7.42. The van der Waals surface area contributed by atoms with E-state index in [2.05, 4.69) is 14.9 Å². The van der Waals surface area contributed by atoms with Crippen LogP contribution in [0.4, 0.5) is 5.95 Å². The molecule has 1 N–H and O–H groups in total. The molecule has 2 atom stereocenters. The molecule has 0 bridgehead atoms. The third-order valence-corrected chi connectivity index (χ3v) is 4.67. The zero-order valence-electron chi connectivity index (χ0n) is 11.6. The molecule has 2 heterocycles. The summed E-state index contributed by atoms with van der Waals surface area (Å²) in [7, 11) is 0. The maximum Gasteiger partial charge on any atom is 0.225 e. The first kappa shape index (κ1) is 12.9. The number of nitrogens with zero attached hydrogens (tertiary/aromatic N) is 3. The lowest BCUT2D eigenvalue weighted by molar-refractivity contribution is 0.266. The van der Waals surface area contributed by atoms with Gasteiger partial charge in [0.15, 0.2) is 0 Å². The number of hydrogen-bond donors (Lipinski definition) is 1. The van der Waals surface area contributed by atoms with Gasteiger partial charge in [-0.3, -0.25) is 0 Å². The molecule has 3 rings (SSSR count). The summed E-state index contributed by atoms with van der Waals surface area (Å²) in [6.45, 7) is 4.54. The van der Waals surface area contributed by atoms with Gasteiger partial charge in [0.2, 0.25) is 5.95 Å². The van der Waals surface area contributed by atoms with Crippen molar-refractivity contribution in [3.8, 4) is 0 Å². The third-order valence-electron chi connectivity index (χ3n) is 4.67. The molecular formula is C15H23N3O. The van der Waals surface area contributed by atoms with Crippen molar-refractivity contribution in [3.05, 3.63) is 18.0 Å². The van der Waals surface area contributed by atoms with Gasteiger partial charge < -0.3 is 10.0 Å². The van der Waals surface area contributed by atoms with E-state index >= 15 is 0 Å². The Hall–Kier alpha value is -1.16. The van der Waals surface area contributed by atoms with Gasteiger partial charge in [-0.15, -0.1) is 0 Å². The normalized spacial score (nSPS) is 27.6. The second kappa shape index (κ2) is 5.45. The van der Waals surface area contributed by atoms with Crippen LogP contribution in [0, 0.1) is 24.7 Å². The average Bonchev–Trinajstić information content (AvgIpc) is 3.20. The molecule has 1 saturated heterocycles. The minimum Gasteiger partial charge on any atom is -0.396 e. The molecule has 4 nitrogen and oxygen atoms in total. The average molecular weight is 261 g/mol. The topological polar surface area (TPSA) is 49.2 Å². The molecule has 2 aliphatic rings. The number of aromatic nitrogens is 2. The summed E-state index contributed by atoms with van der Waals surface area (Å²) in [5.41, 5.74) is 1.11. The molecule has 0 aromatic carbocycles. The van der Waals surface area contributed by atoms with Gasteiger partial charge in [0, 0.05) is 32.1 Å².